The van der Waals surface area contributed by atoms with Gasteiger partial charge in [0, 0.05) is 11.8 Å². The lowest BCUT2D eigenvalue weighted by Gasteiger charge is -2.10. The van der Waals surface area contributed by atoms with Crippen LogP contribution in [0, 0.1) is 32.4 Å². The Bertz CT molecular complexity index is 663. The largest absolute Gasteiger partial charge is 0.322 e. The first-order valence-corrected chi connectivity index (χ1v) is 5.96. The number of nitrogens with one attached hydrogen (secondary N) is 1. The summed E-state index contributed by atoms with van der Waals surface area (Å²) >= 11 is 0. The molecule has 4 nitrogen and oxygen atoms in total. The predicted molar refractivity (Wildman–Crippen MR) is 70.6 cm³/mol. The molecular formula is C14H13F2N3O. The molecule has 0 unspecified atom stereocenters. The molecule has 1 N–H and O–H groups in total. The zero-order valence-corrected chi connectivity index (χ0v) is 11.3. The third kappa shape index (κ3) is 2.79. The Kier molecular flexibility index (Phi) is 3.74. The van der Waals surface area contributed by atoms with Crippen LogP contribution in [0.3, 0.4) is 0 Å². The normalized spacial score (nSPS) is 10.4. The molecule has 0 atom stereocenters. The van der Waals surface area contributed by atoms with Gasteiger partial charge in [-0.25, -0.2) is 18.7 Å². The van der Waals surface area contributed by atoms with E-state index in [4.69, 9.17) is 0 Å². The first kappa shape index (κ1) is 14.0. The van der Waals surface area contributed by atoms with Crippen LogP contribution in [0.2, 0.25) is 0 Å². The Balaban J connectivity index is 2.31. The van der Waals surface area contributed by atoms with E-state index in [9.17, 15) is 13.6 Å². The number of hydrogen-bond acceptors (Lipinski definition) is 3. The molecule has 1 aromatic carbocycles. The van der Waals surface area contributed by atoms with E-state index in [1.807, 2.05) is 0 Å². The molecule has 1 amide bonds. The second kappa shape index (κ2) is 5.32. The maximum absolute atomic E-state index is 13.1. The van der Waals surface area contributed by atoms with E-state index >= 15 is 0 Å². The first-order valence-electron chi connectivity index (χ1n) is 5.96. The van der Waals surface area contributed by atoms with Gasteiger partial charge in [-0.3, -0.25) is 4.79 Å². The molecule has 0 aliphatic rings. The summed E-state index contributed by atoms with van der Waals surface area (Å²) < 4.78 is 25.9. The Labute approximate surface area is 114 Å². The van der Waals surface area contributed by atoms with Gasteiger partial charge < -0.3 is 5.32 Å². The molecule has 2 rings (SSSR count). The van der Waals surface area contributed by atoms with Gasteiger partial charge in [0.05, 0.1) is 17.0 Å². The van der Waals surface area contributed by atoms with Gasteiger partial charge >= 0.3 is 0 Å². The molecule has 0 aliphatic heterocycles. The summed E-state index contributed by atoms with van der Waals surface area (Å²) in [5.74, 6) is -1.86. The number of aromatic nitrogens is 2. The minimum atomic E-state index is -1.02. The minimum Gasteiger partial charge on any atom is -0.322 e. The van der Waals surface area contributed by atoms with Gasteiger partial charge in [0.25, 0.3) is 5.91 Å². The van der Waals surface area contributed by atoms with E-state index in [1.54, 1.807) is 20.8 Å². The fourth-order valence-electron chi connectivity index (χ4n) is 1.98. The van der Waals surface area contributed by atoms with Crippen LogP contribution in [0.5, 0.6) is 0 Å². The number of amides is 1. The molecule has 0 radical (unpaired) electrons. The van der Waals surface area contributed by atoms with Crippen LogP contribution in [0.4, 0.5) is 14.5 Å². The van der Waals surface area contributed by atoms with Crippen molar-refractivity contribution in [1.82, 2.24) is 9.97 Å². The third-order valence-corrected chi connectivity index (χ3v) is 2.79. The van der Waals surface area contributed by atoms with Gasteiger partial charge in [0.2, 0.25) is 0 Å². The monoisotopic (exact) mass is 277 g/mol. The van der Waals surface area contributed by atoms with E-state index in [1.165, 1.54) is 6.07 Å². The molecule has 104 valence electrons. The fraction of sp³-hybridized carbons (Fsp3) is 0.214. The van der Waals surface area contributed by atoms with E-state index < -0.39 is 17.5 Å². The first-order chi connectivity index (χ1) is 9.38. The van der Waals surface area contributed by atoms with Crippen LogP contribution in [0.1, 0.15) is 27.6 Å². The number of aryl methyl sites for hydroxylation is 3. The number of rotatable bonds is 2. The van der Waals surface area contributed by atoms with Gasteiger partial charge in [-0.15, -0.1) is 0 Å². The summed E-state index contributed by atoms with van der Waals surface area (Å²) in [4.78, 5) is 20.4. The van der Waals surface area contributed by atoms with Crippen LogP contribution in [-0.4, -0.2) is 15.9 Å². The second-order valence-electron chi connectivity index (χ2n) is 4.40. The molecule has 1 heterocycles. The van der Waals surface area contributed by atoms with Gasteiger partial charge in [-0.1, -0.05) is 0 Å². The summed E-state index contributed by atoms with van der Waals surface area (Å²) in [5.41, 5.74) is 1.58. The summed E-state index contributed by atoms with van der Waals surface area (Å²) in [6.45, 7) is 5.13. The van der Waals surface area contributed by atoms with E-state index in [2.05, 4.69) is 15.3 Å². The smallest absolute Gasteiger partial charge is 0.259 e. The Morgan fingerprint density at radius 3 is 2.20 bits per heavy atom. The molecule has 0 bridgehead atoms. The number of hydrogen-bond donors (Lipinski definition) is 1. The molecule has 2 aromatic rings. The van der Waals surface area contributed by atoms with Gasteiger partial charge in [-0.05, 0) is 32.9 Å². The quantitative estimate of drug-likeness (QED) is 0.918. The van der Waals surface area contributed by atoms with Gasteiger partial charge in [0.15, 0.2) is 11.6 Å². The fourth-order valence-corrected chi connectivity index (χ4v) is 1.98. The molecule has 0 aliphatic carbocycles. The summed E-state index contributed by atoms with van der Waals surface area (Å²) in [6.07, 6.45) is 0. The maximum atomic E-state index is 13.1. The Hall–Kier alpha value is -2.37. The van der Waals surface area contributed by atoms with Crippen molar-refractivity contribution in [3.05, 3.63) is 52.6 Å². The van der Waals surface area contributed by atoms with Crippen molar-refractivity contribution in [2.24, 2.45) is 0 Å². The van der Waals surface area contributed by atoms with Crippen LogP contribution in [0.25, 0.3) is 0 Å². The lowest BCUT2D eigenvalue weighted by Crippen LogP contribution is -2.17. The van der Waals surface area contributed by atoms with Crippen molar-refractivity contribution < 1.29 is 13.6 Å². The van der Waals surface area contributed by atoms with E-state index in [0.717, 1.165) is 12.1 Å². The molecule has 20 heavy (non-hydrogen) atoms. The van der Waals surface area contributed by atoms with Crippen LogP contribution >= 0.6 is 0 Å². The molecule has 1 aromatic heterocycles. The van der Waals surface area contributed by atoms with Crippen molar-refractivity contribution in [2.75, 3.05) is 5.32 Å². The third-order valence-electron chi connectivity index (χ3n) is 2.79. The summed E-state index contributed by atoms with van der Waals surface area (Å²) in [7, 11) is 0. The van der Waals surface area contributed by atoms with Crippen molar-refractivity contribution in [2.45, 2.75) is 20.8 Å². The van der Waals surface area contributed by atoms with Crippen molar-refractivity contribution in [3.63, 3.8) is 0 Å². The number of anilines is 1. The number of halogens is 2. The second-order valence-corrected chi connectivity index (χ2v) is 4.40. The average Bonchev–Trinajstić information content (AvgIpc) is 2.32. The standard InChI is InChI=1S/C14H13F2N3O/c1-7-13(8(2)18-9(3)17-7)14(20)19-10-4-5-11(15)12(16)6-10/h4-6H,1-3H3,(H,19,20). The molecular weight excluding hydrogens is 264 g/mol. The topological polar surface area (TPSA) is 54.9 Å². The van der Waals surface area contributed by atoms with Gasteiger partial charge in [0.1, 0.15) is 5.82 Å². The Morgan fingerprint density at radius 2 is 1.65 bits per heavy atom. The SMILES string of the molecule is Cc1nc(C)c(C(=O)Nc2ccc(F)c(F)c2)c(C)n1. The predicted octanol–water partition coefficient (Wildman–Crippen LogP) is 2.93. The highest BCUT2D eigenvalue weighted by molar-refractivity contribution is 6.05. The van der Waals surface area contributed by atoms with Gasteiger partial charge in [-0.2, -0.15) is 0 Å². The van der Waals surface area contributed by atoms with Crippen LogP contribution in [-0.2, 0) is 0 Å². The Morgan fingerprint density at radius 1 is 1.05 bits per heavy atom. The number of benzene rings is 1. The number of carbonyl (C=O) groups excluding carboxylic acids is 1. The summed E-state index contributed by atoms with van der Waals surface area (Å²) in [6, 6.07) is 3.17. The highest BCUT2D eigenvalue weighted by Gasteiger charge is 2.16. The maximum Gasteiger partial charge on any atom is 0.259 e. The lowest BCUT2D eigenvalue weighted by molar-refractivity contribution is 0.102. The van der Waals surface area contributed by atoms with Crippen molar-refractivity contribution in [3.8, 4) is 0 Å². The molecule has 6 heteroatoms. The number of carbonyl (C=O) groups is 1. The molecule has 0 fully saturated rings. The van der Waals surface area contributed by atoms with E-state index in [-0.39, 0.29) is 5.69 Å². The average molecular weight is 277 g/mol. The highest BCUT2D eigenvalue weighted by atomic mass is 19.2. The zero-order valence-electron chi connectivity index (χ0n) is 11.3. The minimum absolute atomic E-state index is 0.174. The van der Waals surface area contributed by atoms with E-state index in [0.29, 0.717) is 22.8 Å². The van der Waals surface area contributed by atoms with Crippen molar-refractivity contribution in [1.29, 1.82) is 0 Å². The summed E-state index contributed by atoms with van der Waals surface area (Å²) in [5, 5.41) is 2.50. The van der Waals surface area contributed by atoms with Crippen LogP contribution in [0.15, 0.2) is 18.2 Å². The highest BCUT2D eigenvalue weighted by Crippen LogP contribution is 2.16. The van der Waals surface area contributed by atoms with Crippen molar-refractivity contribution >= 4 is 11.6 Å². The molecule has 0 spiro atoms. The zero-order chi connectivity index (χ0) is 14.9. The molecule has 0 saturated heterocycles. The number of nitrogens with zero attached hydrogens (tertiary/aromatic N) is 2. The van der Waals surface area contributed by atoms with Crippen LogP contribution < -0.4 is 5.32 Å². The molecule has 0 saturated carbocycles. The lowest BCUT2D eigenvalue weighted by atomic mass is 10.1.